The molecular weight excluding hydrogens is 482 g/mol. The average molecular weight is 514 g/mol. The van der Waals surface area contributed by atoms with E-state index in [9.17, 15) is 14.4 Å². The van der Waals surface area contributed by atoms with E-state index in [2.05, 4.69) is 25.5 Å². The Bertz CT molecular complexity index is 1270. The van der Waals surface area contributed by atoms with E-state index in [1.807, 2.05) is 21.9 Å². The van der Waals surface area contributed by atoms with Crippen LogP contribution in [0.5, 0.6) is 0 Å². The van der Waals surface area contributed by atoms with Crippen LogP contribution in [0, 0.1) is 0 Å². The summed E-state index contributed by atoms with van der Waals surface area (Å²) in [5.74, 6) is -0.395. The molecule has 0 radical (unpaired) electrons. The second kappa shape index (κ2) is 11.8. The maximum Gasteiger partial charge on any atom is 0.257 e. The maximum atomic E-state index is 13.3. The van der Waals surface area contributed by atoms with Gasteiger partial charge in [0.25, 0.3) is 17.7 Å². The van der Waals surface area contributed by atoms with Gasteiger partial charge in [0.05, 0.1) is 22.5 Å². The van der Waals surface area contributed by atoms with Gasteiger partial charge in [0, 0.05) is 76.2 Å². The summed E-state index contributed by atoms with van der Waals surface area (Å²) in [7, 11) is 0. The Labute approximate surface area is 221 Å². The van der Waals surface area contributed by atoms with Crippen LogP contribution in [0.25, 0.3) is 0 Å². The number of hydrogen-bond donors (Lipinski definition) is 2. The number of carbonyl (C=O) groups is 3. The van der Waals surface area contributed by atoms with Crippen LogP contribution >= 0.6 is 0 Å². The van der Waals surface area contributed by atoms with Crippen LogP contribution in [0.4, 0.5) is 11.4 Å². The summed E-state index contributed by atoms with van der Waals surface area (Å²) >= 11 is 0. The molecule has 0 atom stereocenters. The van der Waals surface area contributed by atoms with E-state index in [1.165, 1.54) is 6.20 Å². The highest BCUT2D eigenvalue weighted by molar-refractivity contribution is 6.07. The Morgan fingerprint density at radius 2 is 1.42 bits per heavy atom. The minimum Gasteiger partial charge on any atom is -0.366 e. The average Bonchev–Trinajstić information content (AvgIpc) is 3.27. The molecule has 3 amide bonds. The van der Waals surface area contributed by atoms with Gasteiger partial charge in [-0.3, -0.25) is 24.4 Å². The molecule has 38 heavy (non-hydrogen) atoms. The van der Waals surface area contributed by atoms with Gasteiger partial charge in [-0.15, -0.1) is 0 Å². The molecule has 3 aromatic rings. The summed E-state index contributed by atoms with van der Waals surface area (Å²) in [6.07, 6.45) is 7.25. The molecule has 2 fully saturated rings. The molecule has 2 aliphatic heterocycles. The van der Waals surface area contributed by atoms with Crippen molar-refractivity contribution in [1.29, 1.82) is 0 Å². The molecule has 1 aromatic carbocycles. The zero-order valence-corrected chi connectivity index (χ0v) is 21.2. The molecule has 2 N–H and O–H groups in total. The lowest BCUT2D eigenvalue weighted by Gasteiger charge is -2.37. The van der Waals surface area contributed by atoms with Gasteiger partial charge in [0.1, 0.15) is 0 Å². The van der Waals surface area contributed by atoms with Gasteiger partial charge in [-0.25, -0.2) is 0 Å². The Morgan fingerprint density at radius 3 is 2.13 bits per heavy atom. The summed E-state index contributed by atoms with van der Waals surface area (Å²) < 4.78 is 0. The van der Waals surface area contributed by atoms with Crippen LogP contribution in [0.15, 0.2) is 67.3 Å². The number of rotatable bonds is 5. The zero-order valence-electron chi connectivity index (χ0n) is 21.2. The lowest BCUT2D eigenvalue weighted by Crippen LogP contribution is -2.49. The van der Waals surface area contributed by atoms with Crippen molar-refractivity contribution in [3.8, 4) is 0 Å². The van der Waals surface area contributed by atoms with Gasteiger partial charge < -0.3 is 25.3 Å². The fourth-order valence-electron chi connectivity index (χ4n) is 4.79. The third-order valence-electron chi connectivity index (χ3n) is 6.86. The van der Waals surface area contributed by atoms with Crippen molar-refractivity contribution >= 4 is 29.1 Å². The van der Waals surface area contributed by atoms with Crippen molar-refractivity contribution in [3.63, 3.8) is 0 Å². The first kappa shape index (κ1) is 25.3. The summed E-state index contributed by atoms with van der Waals surface area (Å²) in [6, 6.07) is 12.4. The number of aromatic nitrogens is 2. The molecule has 2 aromatic heterocycles. The molecule has 0 saturated carbocycles. The normalized spacial score (nSPS) is 16.1. The molecule has 196 valence electrons. The van der Waals surface area contributed by atoms with E-state index in [1.54, 1.807) is 48.9 Å². The number of anilines is 2. The SMILES string of the molecule is O=C(Nc1cc(C(=O)N2CCCNCC2)ccc1N1CCN(C(=O)c2cccnc2)CC1)c1cccnc1. The van der Waals surface area contributed by atoms with E-state index in [-0.39, 0.29) is 17.7 Å². The van der Waals surface area contributed by atoms with Crippen LogP contribution in [0.2, 0.25) is 0 Å². The predicted octanol–water partition coefficient (Wildman–Crippen LogP) is 2.13. The second-order valence-corrected chi connectivity index (χ2v) is 9.34. The monoisotopic (exact) mass is 513 g/mol. The van der Waals surface area contributed by atoms with E-state index < -0.39 is 0 Å². The van der Waals surface area contributed by atoms with Crippen LogP contribution in [-0.4, -0.2) is 89.8 Å². The van der Waals surface area contributed by atoms with Crippen molar-refractivity contribution in [3.05, 3.63) is 83.9 Å². The number of nitrogens with one attached hydrogen (secondary N) is 2. The summed E-state index contributed by atoms with van der Waals surface area (Å²) in [5, 5.41) is 6.32. The van der Waals surface area contributed by atoms with Crippen molar-refractivity contribution in [2.24, 2.45) is 0 Å². The number of nitrogens with zero attached hydrogens (tertiary/aromatic N) is 5. The molecule has 0 bridgehead atoms. The molecule has 0 unspecified atom stereocenters. The Morgan fingerprint density at radius 1 is 0.737 bits per heavy atom. The van der Waals surface area contributed by atoms with Crippen molar-refractivity contribution in [2.45, 2.75) is 6.42 Å². The van der Waals surface area contributed by atoms with E-state index >= 15 is 0 Å². The zero-order chi connectivity index (χ0) is 26.3. The van der Waals surface area contributed by atoms with Crippen LogP contribution in [-0.2, 0) is 0 Å². The van der Waals surface area contributed by atoms with Crippen molar-refractivity contribution in [1.82, 2.24) is 25.1 Å². The maximum absolute atomic E-state index is 13.3. The Kier molecular flexibility index (Phi) is 7.89. The number of carbonyl (C=O) groups excluding carboxylic acids is 3. The predicted molar refractivity (Wildman–Crippen MR) is 144 cm³/mol. The molecule has 4 heterocycles. The van der Waals surface area contributed by atoms with Crippen LogP contribution in [0.3, 0.4) is 0 Å². The smallest absolute Gasteiger partial charge is 0.257 e. The van der Waals surface area contributed by atoms with E-state index in [0.717, 1.165) is 25.2 Å². The molecule has 2 saturated heterocycles. The first-order chi connectivity index (χ1) is 18.6. The largest absolute Gasteiger partial charge is 0.366 e. The number of benzene rings is 1. The molecule has 10 nitrogen and oxygen atoms in total. The van der Waals surface area contributed by atoms with E-state index in [4.69, 9.17) is 0 Å². The topological polar surface area (TPSA) is 111 Å². The van der Waals surface area contributed by atoms with Crippen LogP contribution in [0.1, 0.15) is 37.5 Å². The third-order valence-corrected chi connectivity index (χ3v) is 6.86. The van der Waals surface area contributed by atoms with E-state index in [0.29, 0.717) is 61.6 Å². The second-order valence-electron chi connectivity index (χ2n) is 9.34. The van der Waals surface area contributed by atoms with Gasteiger partial charge >= 0.3 is 0 Å². The minimum absolute atomic E-state index is 0.0456. The number of amides is 3. The minimum atomic E-state index is -0.298. The summed E-state index contributed by atoms with van der Waals surface area (Å²) in [5.41, 5.74) is 2.90. The Balaban J connectivity index is 1.36. The van der Waals surface area contributed by atoms with Gasteiger partial charge in [-0.2, -0.15) is 0 Å². The first-order valence-electron chi connectivity index (χ1n) is 12.9. The molecule has 0 spiro atoms. The molecule has 0 aliphatic carbocycles. The molecule has 2 aliphatic rings. The molecule has 10 heteroatoms. The lowest BCUT2D eigenvalue weighted by atomic mass is 10.1. The summed E-state index contributed by atoms with van der Waals surface area (Å²) in [4.78, 5) is 53.1. The number of piperazine rings is 1. The quantitative estimate of drug-likeness (QED) is 0.538. The van der Waals surface area contributed by atoms with Crippen molar-refractivity contribution in [2.75, 3.05) is 62.6 Å². The number of hydrogen-bond acceptors (Lipinski definition) is 7. The fourth-order valence-corrected chi connectivity index (χ4v) is 4.79. The highest BCUT2D eigenvalue weighted by atomic mass is 16.2. The highest BCUT2D eigenvalue weighted by Crippen LogP contribution is 2.30. The molecule has 5 rings (SSSR count). The Hall–Kier alpha value is -4.31. The fraction of sp³-hybridized carbons (Fsp3) is 0.321. The first-order valence-corrected chi connectivity index (χ1v) is 12.9. The lowest BCUT2D eigenvalue weighted by molar-refractivity contribution is 0.0743. The third kappa shape index (κ3) is 5.81. The van der Waals surface area contributed by atoms with Gasteiger partial charge in [-0.05, 0) is 55.4 Å². The van der Waals surface area contributed by atoms with Gasteiger partial charge in [0.2, 0.25) is 0 Å². The van der Waals surface area contributed by atoms with Gasteiger partial charge in [0.15, 0.2) is 0 Å². The van der Waals surface area contributed by atoms with Crippen molar-refractivity contribution < 1.29 is 14.4 Å². The van der Waals surface area contributed by atoms with Gasteiger partial charge in [-0.1, -0.05) is 0 Å². The summed E-state index contributed by atoms with van der Waals surface area (Å²) in [6.45, 7) is 5.24. The molecular formula is C28H31N7O3. The number of pyridine rings is 2. The standard InChI is InChI=1S/C28H31N7O3/c36-26(22-4-1-8-30-19-22)32-24-18-21(27(37)34-12-3-10-29-11-13-34)6-7-25(24)33-14-16-35(17-15-33)28(38)23-5-2-9-31-20-23/h1-2,4-9,18-20,29H,3,10-17H2,(H,32,36). The van der Waals surface area contributed by atoms with Crippen LogP contribution < -0.4 is 15.5 Å². The highest BCUT2D eigenvalue weighted by Gasteiger charge is 2.26.